The second kappa shape index (κ2) is 5.61. The Hall–Kier alpha value is -2.00. The van der Waals surface area contributed by atoms with Gasteiger partial charge in [0.2, 0.25) is 0 Å². The zero-order valence-electron chi connectivity index (χ0n) is 8.04. The van der Waals surface area contributed by atoms with Gasteiger partial charge in [-0.05, 0) is 19.1 Å². The Morgan fingerprint density at radius 3 is 2.93 bits per heavy atom. The zero-order chi connectivity index (χ0) is 10.2. The maximum Gasteiger partial charge on any atom is 0.140 e. The third-order valence-corrected chi connectivity index (χ3v) is 1.63. The highest BCUT2D eigenvalue weighted by Gasteiger charge is 1.92. The number of nitrogens with zero attached hydrogens (tertiary/aromatic N) is 2. The number of nitrogens with one attached hydrogen (secondary N) is 1. The summed E-state index contributed by atoms with van der Waals surface area (Å²) in [6, 6.07) is 5.50. The Kier molecular flexibility index (Phi) is 4.04. The first-order valence-corrected chi connectivity index (χ1v) is 4.36. The first-order valence-electron chi connectivity index (χ1n) is 4.36. The average Bonchev–Trinajstić information content (AvgIpc) is 2.25. The van der Waals surface area contributed by atoms with Gasteiger partial charge in [0.1, 0.15) is 11.8 Å². The van der Waals surface area contributed by atoms with E-state index in [1.165, 1.54) is 0 Å². The smallest absolute Gasteiger partial charge is 0.140 e. The number of hydrogen-bond acceptors (Lipinski definition) is 3. The lowest BCUT2D eigenvalue weighted by Crippen LogP contribution is -2.00. The molecule has 1 rings (SSSR count). The van der Waals surface area contributed by atoms with Crippen molar-refractivity contribution in [1.29, 1.82) is 5.26 Å². The van der Waals surface area contributed by atoms with Gasteiger partial charge in [-0.15, -0.1) is 11.8 Å². The Bertz CT molecular complexity index is 376. The SMILES string of the molecule is CC#CCCNc1ccc(C#N)nc1. The first kappa shape index (κ1) is 10.1. The molecule has 1 aromatic heterocycles. The van der Waals surface area contributed by atoms with Crippen molar-refractivity contribution < 1.29 is 0 Å². The minimum atomic E-state index is 0.434. The molecule has 1 N–H and O–H groups in total. The molecule has 3 nitrogen and oxygen atoms in total. The van der Waals surface area contributed by atoms with Gasteiger partial charge in [-0.3, -0.25) is 0 Å². The van der Waals surface area contributed by atoms with Crippen LogP contribution in [0.1, 0.15) is 19.0 Å². The molecule has 70 valence electrons. The molecule has 0 saturated heterocycles. The van der Waals surface area contributed by atoms with Gasteiger partial charge in [0, 0.05) is 13.0 Å². The van der Waals surface area contributed by atoms with Crippen LogP contribution in [0.2, 0.25) is 0 Å². The van der Waals surface area contributed by atoms with Gasteiger partial charge >= 0.3 is 0 Å². The Labute approximate surface area is 83.8 Å². The first-order chi connectivity index (χ1) is 6.86. The lowest BCUT2D eigenvalue weighted by atomic mass is 10.3. The van der Waals surface area contributed by atoms with Crippen molar-refractivity contribution in [3.8, 4) is 17.9 Å². The van der Waals surface area contributed by atoms with Crippen LogP contribution in [0.4, 0.5) is 5.69 Å². The highest BCUT2D eigenvalue weighted by molar-refractivity contribution is 5.42. The molecule has 0 spiro atoms. The van der Waals surface area contributed by atoms with Crippen molar-refractivity contribution in [3.05, 3.63) is 24.0 Å². The van der Waals surface area contributed by atoms with Crippen molar-refractivity contribution >= 4 is 5.69 Å². The maximum atomic E-state index is 8.52. The quantitative estimate of drug-likeness (QED) is 0.576. The van der Waals surface area contributed by atoms with Crippen LogP contribution in [-0.2, 0) is 0 Å². The van der Waals surface area contributed by atoms with Crippen molar-refractivity contribution in [2.45, 2.75) is 13.3 Å². The highest BCUT2D eigenvalue weighted by Crippen LogP contribution is 2.04. The largest absolute Gasteiger partial charge is 0.383 e. The Morgan fingerprint density at radius 2 is 2.36 bits per heavy atom. The summed E-state index contributed by atoms with van der Waals surface area (Å²) >= 11 is 0. The molecule has 0 saturated carbocycles. The number of pyridine rings is 1. The molecular formula is C11H11N3. The van der Waals surface area contributed by atoms with Crippen LogP contribution < -0.4 is 5.32 Å². The molecule has 0 aliphatic carbocycles. The van der Waals surface area contributed by atoms with Crippen molar-refractivity contribution in [2.75, 3.05) is 11.9 Å². The summed E-state index contributed by atoms with van der Waals surface area (Å²) in [5, 5.41) is 11.7. The summed E-state index contributed by atoms with van der Waals surface area (Å²) < 4.78 is 0. The predicted molar refractivity (Wildman–Crippen MR) is 55.5 cm³/mol. The van der Waals surface area contributed by atoms with Crippen molar-refractivity contribution in [1.82, 2.24) is 4.98 Å². The molecule has 0 aliphatic heterocycles. The van der Waals surface area contributed by atoms with Gasteiger partial charge in [0.05, 0.1) is 11.9 Å². The molecule has 0 bridgehead atoms. The minimum absolute atomic E-state index is 0.434. The summed E-state index contributed by atoms with van der Waals surface area (Å²) in [7, 11) is 0. The van der Waals surface area contributed by atoms with Crippen LogP contribution >= 0.6 is 0 Å². The van der Waals surface area contributed by atoms with Crippen LogP contribution in [0, 0.1) is 23.2 Å². The molecule has 14 heavy (non-hydrogen) atoms. The van der Waals surface area contributed by atoms with Crippen molar-refractivity contribution in [3.63, 3.8) is 0 Å². The standard InChI is InChI=1S/C11H11N3/c1-2-3-4-7-13-11-6-5-10(8-12)14-9-11/h5-6,9,13H,4,7H2,1H3. The van der Waals surface area contributed by atoms with Gasteiger partial charge in [-0.2, -0.15) is 5.26 Å². The molecule has 0 amide bonds. The second-order valence-electron chi connectivity index (χ2n) is 2.65. The molecular weight excluding hydrogens is 174 g/mol. The third-order valence-electron chi connectivity index (χ3n) is 1.63. The predicted octanol–water partition coefficient (Wildman–Crippen LogP) is 1.78. The summed E-state index contributed by atoms with van der Waals surface area (Å²) in [5.41, 5.74) is 1.35. The number of hydrogen-bond donors (Lipinski definition) is 1. The number of rotatable bonds is 3. The van der Waals surface area contributed by atoms with Gasteiger partial charge < -0.3 is 5.32 Å². The van der Waals surface area contributed by atoms with Gasteiger partial charge in [0.15, 0.2) is 0 Å². The van der Waals surface area contributed by atoms with Crippen LogP contribution in [0.5, 0.6) is 0 Å². The Morgan fingerprint density at radius 1 is 1.50 bits per heavy atom. The van der Waals surface area contributed by atoms with E-state index in [1.54, 1.807) is 12.3 Å². The molecule has 1 heterocycles. The highest BCUT2D eigenvalue weighted by atomic mass is 14.9. The van der Waals surface area contributed by atoms with E-state index in [4.69, 9.17) is 5.26 Å². The summed E-state index contributed by atoms with van der Waals surface area (Å²) in [6.45, 7) is 2.62. The van der Waals surface area contributed by atoms with Crippen LogP contribution in [0.25, 0.3) is 0 Å². The van der Waals surface area contributed by atoms with E-state index >= 15 is 0 Å². The molecule has 0 aromatic carbocycles. The fourth-order valence-electron chi connectivity index (χ4n) is 0.959. The maximum absolute atomic E-state index is 8.52. The topological polar surface area (TPSA) is 48.7 Å². The second-order valence-corrected chi connectivity index (χ2v) is 2.65. The number of nitriles is 1. The molecule has 0 atom stereocenters. The molecule has 0 aliphatic rings. The van der Waals surface area contributed by atoms with E-state index in [1.807, 2.05) is 19.1 Å². The fraction of sp³-hybridized carbons (Fsp3) is 0.273. The van der Waals surface area contributed by atoms with Crippen molar-refractivity contribution in [2.24, 2.45) is 0 Å². The van der Waals surface area contributed by atoms with E-state index < -0.39 is 0 Å². The molecule has 0 fully saturated rings. The average molecular weight is 185 g/mol. The van der Waals surface area contributed by atoms with Gasteiger partial charge in [0.25, 0.3) is 0 Å². The fourth-order valence-corrected chi connectivity index (χ4v) is 0.959. The number of anilines is 1. The minimum Gasteiger partial charge on any atom is -0.383 e. The van der Waals surface area contributed by atoms with Crippen LogP contribution in [0.15, 0.2) is 18.3 Å². The van der Waals surface area contributed by atoms with E-state index in [0.29, 0.717) is 5.69 Å². The van der Waals surface area contributed by atoms with E-state index in [0.717, 1.165) is 18.7 Å². The van der Waals surface area contributed by atoms with Gasteiger partial charge in [-0.25, -0.2) is 4.98 Å². The Balaban J connectivity index is 2.43. The zero-order valence-corrected chi connectivity index (χ0v) is 8.04. The summed E-state index contributed by atoms with van der Waals surface area (Å²) in [5.74, 6) is 5.78. The summed E-state index contributed by atoms with van der Waals surface area (Å²) in [6.07, 6.45) is 2.47. The van der Waals surface area contributed by atoms with E-state index in [9.17, 15) is 0 Å². The lowest BCUT2D eigenvalue weighted by molar-refractivity contribution is 1.09. The van der Waals surface area contributed by atoms with E-state index in [2.05, 4.69) is 22.1 Å². The monoisotopic (exact) mass is 185 g/mol. The molecule has 0 unspecified atom stereocenters. The summed E-state index contributed by atoms with van der Waals surface area (Å²) in [4.78, 5) is 3.94. The van der Waals surface area contributed by atoms with E-state index in [-0.39, 0.29) is 0 Å². The van der Waals surface area contributed by atoms with Crippen LogP contribution in [0.3, 0.4) is 0 Å². The normalized spacial score (nSPS) is 8.29. The third kappa shape index (κ3) is 3.16. The molecule has 1 aromatic rings. The number of aromatic nitrogens is 1. The molecule has 3 heteroatoms. The molecule has 0 radical (unpaired) electrons. The van der Waals surface area contributed by atoms with Gasteiger partial charge in [-0.1, -0.05) is 0 Å². The lowest BCUT2D eigenvalue weighted by Gasteiger charge is -2.02. The van der Waals surface area contributed by atoms with Crippen LogP contribution in [-0.4, -0.2) is 11.5 Å².